The molecule has 0 aromatic heterocycles. The summed E-state index contributed by atoms with van der Waals surface area (Å²) in [7, 11) is 0. The molecule has 17 heavy (non-hydrogen) atoms. The number of anilines is 1. The van der Waals surface area contributed by atoms with Crippen LogP contribution in [0.25, 0.3) is 0 Å². The summed E-state index contributed by atoms with van der Waals surface area (Å²) in [6.45, 7) is 3.94. The summed E-state index contributed by atoms with van der Waals surface area (Å²) in [6, 6.07) is 7.75. The molecule has 1 unspecified atom stereocenters. The Morgan fingerprint density at radius 1 is 1.35 bits per heavy atom. The first-order chi connectivity index (χ1) is 7.51. The number of benzene rings is 1. The van der Waals surface area contributed by atoms with Crippen molar-refractivity contribution in [1.82, 2.24) is 0 Å². The molecule has 0 aliphatic heterocycles. The fourth-order valence-corrected chi connectivity index (χ4v) is 1.57. The largest absolute Gasteiger partial charge is 0.326 e. The minimum Gasteiger partial charge on any atom is -0.326 e. The maximum absolute atomic E-state index is 11.8. The number of hydrogen-bond acceptors (Lipinski definition) is 2. The number of hydrogen-bond donors (Lipinski definition) is 2. The zero-order valence-electron chi connectivity index (χ0n) is 10.2. The number of carbonyl (C=O) groups is 1. The predicted octanol–water partition coefficient (Wildman–Crippen LogP) is 2.87. The number of nitrogens with one attached hydrogen (secondary N) is 1. The lowest BCUT2D eigenvalue weighted by Crippen LogP contribution is -2.21. The Kier molecular flexibility index (Phi) is 4.17. The maximum atomic E-state index is 11.8. The molecule has 0 saturated heterocycles. The van der Waals surface area contributed by atoms with E-state index in [0.29, 0.717) is 0 Å². The molecule has 1 fully saturated rings. The molecule has 0 spiro atoms. The van der Waals surface area contributed by atoms with Crippen molar-refractivity contribution < 1.29 is 4.79 Å². The Morgan fingerprint density at radius 3 is 2.29 bits per heavy atom. The normalized spacial score (nSPS) is 17.8. The van der Waals surface area contributed by atoms with Gasteiger partial charge < -0.3 is 11.1 Å². The third-order valence-corrected chi connectivity index (χ3v) is 3.24. The maximum Gasteiger partial charge on any atom is 0.230 e. The summed E-state index contributed by atoms with van der Waals surface area (Å²) in [5.41, 5.74) is 7.56. The van der Waals surface area contributed by atoms with E-state index in [1.54, 1.807) is 0 Å². The van der Waals surface area contributed by atoms with E-state index < -0.39 is 0 Å². The van der Waals surface area contributed by atoms with E-state index in [2.05, 4.69) is 5.32 Å². The first-order valence-electron chi connectivity index (χ1n) is 5.68. The quantitative estimate of drug-likeness (QED) is 0.872. The second kappa shape index (κ2) is 5.07. The average Bonchev–Trinajstić information content (AvgIpc) is 2.99. The van der Waals surface area contributed by atoms with Crippen molar-refractivity contribution in [3.63, 3.8) is 0 Å². The Hall–Kier alpha value is -1.06. The Bertz CT molecular complexity index is 396. The molecule has 1 aliphatic rings. The average molecular weight is 255 g/mol. The van der Waals surface area contributed by atoms with Crippen LogP contribution in [0.4, 0.5) is 5.69 Å². The van der Waals surface area contributed by atoms with E-state index in [0.717, 1.165) is 24.1 Å². The van der Waals surface area contributed by atoms with Crippen molar-refractivity contribution in [2.75, 3.05) is 5.32 Å². The molecular weight excluding hydrogens is 236 g/mol. The van der Waals surface area contributed by atoms with Crippen LogP contribution in [0.15, 0.2) is 24.3 Å². The summed E-state index contributed by atoms with van der Waals surface area (Å²) in [5.74, 6) is 0.126. The van der Waals surface area contributed by atoms with Crippen LogP contribution < -0.4 is 11.1 Å². The van der Waals surface area contributed by atoms with Gasteiger partial charge in [-0.3, -0.25) is 4.79 Å². The van der Waals surface area contributed by atoms with E-state index in [4.69, 9.17) is 5.73 Å². The van der Waals surface area contributed by atoms with Gasteiger partial charge in [-0.2, -0.15) is 0 Å². The summed E-state index contributed by atoms with van der Waals surface area (Å²) in [4.78, 5) is 11.8. The Morgan fingerprint density at radius 2 is 1.88 bits per heavy atom. The molecule has 4 heteroatoms. The van der Waals surface area contributed by atoms with E-state index in [9.17, 15) is 4.79 Å². The number of halogens is 1. The summed E-state index contributed by atoms with van der Waals surface area (Å²) >= 11 is 0. The smallest absolute Gasteiger partial charge is 0.230 e. The van der Waals surface area contributed by atoms with Gasteiger partial charge in [-0.1, -0.05) is 19.1 Å². The first kappa shape index (κ1) is 14.0. The topological polar surface area (TPSA) is 55.1 Å². The van der Waals surface area contributed by atoms with Crippen LogP contribution in [0.2, 0.25) is 0 Å². The number of nitrogens with two attached hydrogens (primary N) is 1. The van der Waals surface area contributed by atoms with Crippen LogP contribution in [-0.2, 0) is 4.79 Å². The molecule has 0 heterocycles. The van der Waals surface area contributed by atoms with Crippen molar-refractivity contribution >= 4 is 24.0 Å². The highest BCUT2D eigenvalue weighted by Gasteiger charge is 2.44. The third-order valence-electron chi connectivity index (χ3n) is 3.24. The van der Waals surface area contributed by atoms with Crippen molar-refractivity contribution in [3.05, 3.63) is 29.8 Å². The summed E-state index contributed by atoms with van der Waals surface area (Å²) in [6.07, 6.45) is 1.99. The predicted molar refractivity (Wildman–Crippen MR) is 72.3 cm³/mol. The molecule has 1 aliphatic carbocycles. The Labute approximate surface area is 108 Å². The molecule has 0 radical (unpaired) electrons. The molecular formula is C13H19ClN2O. The zero-order chi connectivity index (χ0) is 11.8. The molecule has 1 atom stereocenters. The van der Waals surface area contributed by atoms with Gasteiger partial charge in [0.2, 0.25) is 5.91 Å². The van der Waals surface area contributed by atoms with Crippen LogP contribution >= 0.6 is 12.4 Å². The number of carbonyl (C=O) groups excluding carboxylic acids is 1. The van der Waals surface area contributed by atoms with Gasteiger partial charge in [0.15, 0.2) is 0 Å². The second-order valence-corrected chi connectivity index (χ2v) is 4.93. The lowest BCUT2D eigenvalue weighted by atomic mass is 10.1. The van der Waals surface area contributed by atoms with E-state index in [1.807, 2.05) is 38.1 Å². The van der Waals surface area contributed by atoms with Crippen LogP contribution in [0.5, 0.6) is 0 Å². The van der Waals surface area contributed by atoms with Crippen LogP contribution in [0.1, 0.15) is 38.3 Å². The van der Waals surface area contributed by atoms with Gasteiger partial charge in [0.1, 0.15) is 0 Å². The molecule has 2 rings (SSSR count). The van der Waals surface area contributed by atoms with Crippen LogP contribution in [0.3, 0.4) is 0 Å². The van der Waals surface area contributed by atoms with Gasteiger partial charge in [0.25, 0.3) is 0 Å². The van der Waals surface area contributed by atoms with Gasteiger partial charge in [-0.25, -0.2) is 0 Å². The molecule has 94 valence electrons. The van der Waals surface area contributed by atoms with Gasteiger partial charge in [0, 0.05) is 17.1 Å². The van der Waals surface area contributed by atoms with Crippen LogP contribution in [-0.4, -0.2) is 5.91 Å². The van der Waals surface area contributed by atoms with Gasteiger partial charge in [-0.05, 0) is 37.5 Å². The summed E-state index contributed by atoms with van der Waals surface area (Å²) in [5, 5.41) is 2.93. The van der Waals surface area contributed by atoms with Crippen molar-refractivity contribution in [2.45, 2.75) is 32.7 Å². The van der Waals surface area contributed by atoms with Gasteiger partial charge in [0.05, 0.1) is 0 Å². The fraction of sp³-hybridized carbons (Fsp3) is 0.462. The SMILES string of the molecule is CC(N)c1ccc(NC(=O)C2(C)CC2)cc1.Cl. The molecule has 1 aromatic rings. The molecule has 0 bridgehead atoms. The minimum absolute atomic E-state index is 0. The highest BCUT2D eigenvalue weighted by molar-refractivity contribution is 5.96. The Balaban J connectivity index is 0.00000144. The molecule has 3 N–H and O–H groups in total. The van der Waals surface area contributed by atoms with E-state index in [-0.39, 0.29) is 29.8 Å². The zero-order valence-corrected chi connectivity index (χ0v) is 11.0. The van der Waals surface area contributed by atoms with Crippen molar-refractivity contribution in [2.24, 2.45) is 11.1 Å². The molecule has 1 saturated carbocycles. The standard InChI is InChI=1S/C13H18N2O.ClH/c1-9(14)10-3-5-11(6-4-10)15-12(16)13(2)7-8-13;/h3-6,9H,7-8,14H2,1-2H3,(H,15,16);1H. The lowest BCUT2D eigenvalue weighted by molar-refractivity contribution is -0.120. The van der Waals surface area contributed by atoms with Crippen molar-refractivity contribution in [1.29, 1.82) is 0 Å². The fourth-order valence-electron chi connectivity index (χ4n) is 1.57. The highest BCUT2D eigenvalue weighted by Crippen LogP contribution is 2.45. The highest BCUT2D eigenvalue weighted by atomic mass is 35.5. The number of rotatable bonds is 3. The van der Waals surface area contributed by atoms with Gasteiger partial charge >= 0.3 is 0 Å². The first-order valence-corrected chi connectivity index (χ1v) is 5.68. The summed E-state index contributed by atoms with van der Waals surface area (Å²) < 4.78 is 0. The van der Waals surface area contributed by atoms with Gasteiger partial charge in [-0.15, -0.1) is 12.4 Å². The van der Waals surface area contributed by atoms with E-state index >= 15 is 0 Å². The lowest BCUT2D eigenvalue weighted by Gasteiger charge is -2.11. The van der Waals surface area contributed by atoms with Crippen LogP contribution in [0, 0.1) is 5.41 Å². The monoisotopic (exact) mass is 254 g/mol. The number of amides is 1. The minimum atomic E-state index is -0.125. The van der Waals surface area contributed by atoms with Crippen molar-refractivity contribution in [3.8, 4) is 0 Å². The molecule has 3 nitrogen and oxygen atoms in total. The molecule has 1 aromatic carbocycles. The second-order valence-electron chi connectivity index (χ2n) is 4.93. The van der Waals surface area contributed by atoms with E-state index in [1.165, 1.54) is 0 Å². The third kappa shape index (κ3) is 3.20. The molecule has 1 amide bonds.